The quantitative estimate of drug-likeness (QED) is 0.658. The van der Waals surface area contributed by atoms with Crippen LogP contribution in [0, 0.1) is 0 Å². The molecule has 3 rings (SSSR count). The summed E-state index contributed by atoms with van der Waals surface area (Å²) >= 11 is 0. The van der Waals surface area contributed by atoms with Crippen molar-refractivity contribution in [2.24, 2.45) is 5.73 Å². The predicted octanol–water partition coefficient (Wildman–Crippen LogP) is 1.88. The van der Waals surface area contributed by atoms with Crippen molar-refractivity contribution in [1.29, 1.82) is 0 Å². The van der Waals surface area contributed by atoms with Gasteiger partial charge in [-0.05, 0) is 30.2 Å². The van der Waals surface area contributed by atoms with Crippen LogP contribution in [0.2, 0.25) is 0 Å². The second kappa shape index (κ2) is 4.22. The van der Waals surface area contributed by atoms with E-state index in [-0.39, 0.29) is 6.04 Å². The molecule has 0 aromatic heterocycles. The summed E-state index contributed by atoms with van der Waals surface area (Å²) in [5.41, 5.74) is 9.07. The van der Waals surface area contributed by atoms with Crippen molar-refractivity contribution in [3.63, 3.8) is 0 Å². The number of nitrogens with one attached hydrogen (secondary N) is 2. The van der Waals surface area contributed by atoms with Gasteiger partial charge in [-0.1, -0.05) is 18.2 Å². The average Bonchev–Trinajstić information content (AvgIpc) is 2.56. The van der Waals surface area contributed by atoms with Gasteiger partial charge in [-0.25, -0.2) is 0 Å². The molecule has 1 aromatic carbocycles. The van der Waals surface area contributed by atoms with Crippen molar-refractivity contribution in [3.8, 4) is 0 Å². The largest absolute Gasteiger partial charge is 0.380 e. The number of hydrogen-bond donors (Lipinski definition) is 3. The second-order valence-corrected chi connectivity index (χ2v) is 4.54. The minimum Gasteiger partial charge on any atom is -0.380 e. The number of rotatable bonds is 1. The Balaban J connectivity index is 1.97. The molecule has 1 amide bonds. The number of primary amides is 1. The maximum atomic E-state index is 11.2. The van der Waals surface area contributed by atoms with E-state index >= 15 is 0 Å². The molecule has 1 heterocycles. The Morgan fingerprint density at radius 1 is 1.33 bits per heavy atom. The van der Waals surface area contributed by atoms with E-state index in [1.165, 1.54) is 5.57 Å². The summed E-state index contributed by atoms with van der Waals surface area (Å²) in [5.74, 6) is -0.402. The molecule has 4 N–H and O–H groups in total. The van der Waals surface area contributed by atoms with Crippen molar-refractivity contribution >= 4 is 17.3 Å². The molecule has 18 heavy (non-hydrogen) atoms. The molecule has 4 heteroatoms. The monoisotopic (exact) mass is 241 g/mol. The van der Waals surface area contributed by atoms with Gasteiger partial charge in [0.2, 0.25) is 5.91 Å². The number of nitrogens with two attached hydrogens (primary N) is 1. The molecule has 1 unspecified atom stereocenters. The summed E-state index contributed by atoms with van der Waals surface area (Å²) in [5, 5.41) is 6.80. The molecule has 2 aliphatic rings. The lowest BCUT2D eigenvalue weighted by Gasteiger charge is -2.19. The van der Waals surface area contributed by atoms with Crippen LogP contribution in [0.15, 0.2) is 42.0 Å². The second-order valence-electron chi connectivity index (χ2n) is 4.54. The van der Waals surface area contributed by atoms with E-state index in [1.807, 2.05) is 6.07 Å². The Kier molecular flexibility index (Phi) is 2.55. The molecule has 0 spiro atoms. The van der Waals surface area contributed by atoms with Crippen LogP contribution < -0.4 is 16.4 Å². The summed E-state index contributed by atoms with van der Waals surface area (Å²) in [4.78, 5) is 11.2. The standard InChI is InChI=1S/C14H15N3O/c15-14(18)9-5-6-12-13(7-9)16-8-10-3-1-2-4-11(10)17-12/h2-7,11,16-17H,1,8H2,(H2,15,18). The molecule has 0 saturated heterocycles. The Bertz CT molecular complexity index is 560. The van der Waals surface area contributed by atoms with Crippen LogP contribution in [-0.4, -0.2) is 18.5 Å². The van der Waals surface area contributed by atoms with Crippen molar-refractivity contribution in [1.82, 2.24) is 0 Å². The van der Waals surface area contributed by atoms with Crippen LogP contribution >= 0.6 is 0 Å². The normalized spacial score (nSPS) is 20.7. The van der Waals surface area contributed by atoms with Crippen LogP contribution in [0.3, 0.4) is 0 Å². The van der Waals surface area contributed by atoms with Gasteiger partial charge < -0.3 is 16.4 Å². The molecule has 1 aliphatic carbocycles. The molecule has 0 fully saturated rings. The van der Waals surface area contributed by atoms with Crippen molar-refractivity contribution in [2.45, 2.75) is 12.5 Å². The zero-order chi connectivity index (χ0) is 12.5. The zero-order valence-electron chi connectivity index (χ0n) is 9.94. The molecule has 0 bridgehead atoms. The van der Waals surface area contributed by atoms with Crippen LogP contribution in [0.4, 0.5) is 11.4 Å². The SMILES string of the molecule is NC(=O)c1ccc2c(c1)NCC1=CCC=CC1N2. The average molecular weight is 241 g/mol. The van der Waals surface area contributed by atoms with Crippen molar-refractivity contribution < 1.29 is 4.79 Å². The number of benzene rings is 1. The topological polar surface area (TPSA) is 67.2 Å². The molecule has 1 atom stereocenters. The van der Waals surface area contributed by atoms with E-state index in [1.54, 1.807) is 12.1 Å². The number of allylic oxidation sites excluding steroid dienone is 2. The first-order chi connectivity index (χ1) is 8.74. The number of hydrogen-bond acceptors (Lipinski definition) is 3. The highest BCUT2D eigenvalue weighted by Crippen LogP contribution is 2.29. The minimum atomic E-state index is -0.402. The first-order valence-corrected chi connectivity index (χ1v) is 6.04. The summed E-state index contributed by atoms with van der Waals surface area (Å²) in [6.07, 6.45) is 7.54. The lowest BCUT2D eigenvalue weighted by molar-refractivity contribution is 0.100. The van der Waals surface area contributed by atoms with Gasteiger partial charge in [0.15, 0.2) is 0 Å². The Morgan fingerprint density at radius 2 is 2.22 bits per heavy atom. The predicted molar refractivity (Wildman–Crippen MR) is 72.7 cm³/mol. The summed E-state index contributed by atoms with van der Waals surface area (Å²) in [6.45, 7) is 0.789. The zero-order valence-corrected chi connectivity index (χ0v) is 9.94. The molecule has 0 radical (unpaired) electrons. The Hall–Kier alpha value is -2.23. The van der Waals surface area contributed by atoms with E-state index in [9.17, 15) is 4.79 Å². The van der Waals surface area contributed by atoms with Crippen molar-refractivity contribution in [3.05, 3.63) is 47.6 Å². The number of carbonyl (C=O) groups excluding carboxylic acids is 1. The Labute approximate surface area is 106 Å². The molecule has 0 saturated carbocycles. The minimum absolute atomic E-state index is 0.243. The van der Waals surface area contributed by atoms with E-state index in [0.29, 0.717) is 5.56 Å². The highest BCUT2D eigenvalue weighted by Gasteiger charge is 2.19. The van der Waals surface area contributed by atoms with Crippen LogP contribution in [0.1, 0.15) is 16.8 Å². The number of anilines is 2. The molecule has 92 valence electrons. The third-order valence-electron chi connectivity index (χ3n) is 3.34. The molecular weight excluding hydrogens is 226 g/mol. The highest BCUT2D eigenvalue weighted by atomic mass is 16.1. The molecule has 1 aromatic rings. The van der Waals surface area contributed by atoms with Gasteiger partial charge in [-0.2, -0.15) is 0 Å². The van der Waals surface area contributed by atoms with Gasteiger partial charge in [0.1, 0.15) is 0 Å². The third-order valence-corrected chi connectivity index (χ3v) is 3.34. The van der Waals surface area contributed by atoms with Gasteiger partial charge >= 0.3 is 0 Å². The maximum absolute atomic E-state index is 11.2. The number of amides is 1. The summed E-state index contributed by atoms with van der Waals surface area (Å²) in [6, 6.07) is 5.68. The smallest absolute Gasteiger partial charge is 0.248 e. The van der Waals surface area contributed by atoms with Crippen LogP contribution in [-0.2, 0) is 0 Å². The van der Waals surface area contributed by atoms with E-state index in [2.05, 4.69) is 28.9 Å². The molecular formula is C14H15N3O. The van der Waals surface area contributed by atoms with Gasteiger partial charge in [0, 0.05) is 12.1 Å². The van der Waals surface area contributed by atoms with Gasteiger partial charge in [-0.3, -0.25) is 4.79 Å². The lowest BCUT2D eigenvalue weighted by atomic mass is 10.0. The number of fused-ring (bicyclic) bond motifs is 2. The van der Waals surface area contributed by atoms with Gasteiger partial charge in [-0.15, -0.1) is 0 Å². The van der Waals surface area contributed by atoms with E-state index < -0.39 is 5.91 Å². The maximum Gasteiger partial charge on any atom is 0.248 e. The summed E-state index contributed by atoms with van der Waals surface area (Å²) in [7, 11) is 0. The van der Waals surface area contributed by atoms with E-state index in [0.717, 1.165) is 24.3 Å². The molecule has 4 nitrogen and oxygen atoms in total. The first-order valence-electron chi connectivity index (χ1n) is 6.04. The fourth-order valence-corrected chi connectivity index (χ4v) is 2.34. The van der Waals surface area contributed by atoms with Gasteiger partial charge in [0.05, 0.1) is 17.4 Å². The van der Waals surface area contributed by atoms with E-state index in [4.69, 9.17) is 5.73 Å². The third kappa shape index (κ3) is 1.86. The van der Waals surface area contributed by atoms with Crippen LogP contribution in [0.5, 0.6) is 0 Å². The number of carbonyl (C=O) groups is 1. The lowest BCUT2D eigenvalue weighted by Crippen LogP contribution is -2.22. The van der Waals surface area contributed by atoms with Gasteiger partial charge in [0.25, 0.3) is 0 Å². The molecule has 1 aliphatic heterocycles. The van der Waals surface area contributed by atoms with Crippen molar-refractivity contribution in [2.75, 3.05) is 17.2 Å². The Morgan fingerprint density at radius 3 is 3.06 bits per heavy atom. The van der Waals surface area contributed by atoms with Crippen LogP contribution in [0.25, 0.3) is 0 Å². The summed E-state index contributed by atoms with van der Waals surface area (Å²) < 4.78 is 0. The highest BCUT2D eigenvalue weighted by molar-refractivity contribution is 5.95. The first kappa shape index (κ1) is 10.9. The fourth-order valence-electron chi connectivity index (χ4n) is 2.34. The fraction of sp³-hybridized carbons (Fsp3) is 0.214.